The van der Waals surface area contributed by atoms with Gasteiger partial charge in [0.25, 0.3) is 5.92 Å². The molecule has 1 unspecified atom stereocenters. The summed E-state index contributed by atoms with van der Waals surface area (Å²) in [5.74, 6) is -6.74. The topological polar surface area (TPSA) is 67.3 Å². The number of nitrogens with one attached hydrogen (secondary N) is 1. The van der Waals surface area contributed by atoms with E-state index in [2.05, 4.69) is 15.5 Å². The summed E-state index contributed by atoms with van der Waals surface area (Å²) in [6, 6.07) is 2.40. The summed E-state index contributed by atoms with van der Waals surface area (Å²) >= 11 is 0. The Hall–Kier alpha value is -2.82. The molecule has 11 heteroatoms. The molecule has 2 aliphatic heterocycles. The van der Waals surface area contributed by atoms with Crippen molar-refractivity contribution in [2.45, 2.75) is 50.0 Å². The van der Waals surface area contributed by atoms with E-state index >= 15 is 0 Å². The van der Waals surface area contributed by atoms with Gasteiger partial charge < -0.3 is 15.0 Å². The molecule has 2 saturated heterocycles. The van der Waals surface area contributed by atoms with Gasteiger partial charge in [-0.15, -0.1) is 10.2 Å². The van der Waals surface area contributed by atoms with E-state index in [0.717, 1.165) is 31.7 Å². The number of nitrogens with zero attached hydrogens (tertiary/aromatic N) is 3. The fourth-order valence-corrected chi connectivity index (χ4v) is 6.20. The van der Waals surface area contributed by atoms with Crippen molar-refractivity contribution in [2.24, 2.45) is 17.8 Å². The van der Waals surface area contributed by atoms with Crippen LogP contribution in [0.2, 0.25) is 0 Å². The van der Waals surface area contributed by atoms with E-state index in [1.165, 1.54) is 6.07 Å². The van der Waals surface area contributed by atoms with Crippen molar-refractivity contribution in [3.05, 3.63) is 41.2 Å². The first-order valence-electron chi connectivity index (χ1n) is 12.7. The predicted octanol–water partition coefficient (Wildman–Crippen LogP) is 4.76. The zero-order valence-corrected chi connectivity index (χ0v) is 20.0. The number of anilines is 1. The van der Waals surface area contributed by atoms with Gasteiger partial charge in [-0.25, -0.2) is 22.0 Å². The van der Waals surface area contributed by atoms with E-state index in [1.807, 2.05) is 4.90 Å². The summed E-state index contributed by atoms with van der Waals surface area (Å²) in [6.07, 6.45) is 2.65. The number of hydrogen-bond donors (Lipinski definition) is 1. The standard InChI is InChI=1S/C26H27F5N4O2/c27-16-7-19(23(29)21(28)8-16)22-9-18(20-10-26(20,30)31)24(34-33-22)32-17-5-14-11-35(12-15(14)6-17)25(36)13-1-3-37-4-2-13/h7-9,13-15,17,20H,1-6,10-12H2,(H,32,34)/t14-,15+,17-,20?. The first kappa shape index (κ1) is 24.5. The Morgan fingerprint density at radius 2 is 1.70 bits per heavy atom. The number of carbonyl (C=O) groups excluding carboxylic acids is 1. The van der Waals surface area contributed by atoms with Crippen LogP contribution in [0.15, 0.2) is 18.2 Å². The second-order valence-corrected chi connectivity index (χ2v) is 10.8. The number of benzene rings is 1. The van der Waals surface area contributed by atoms with Crippen LogP contribution in [-0.4, -0.2) is 59.3 Å². The van der Waals surface area contributed by atoms with Crippen LogP contribution in [0.3, 0.4) is 0 Å². The molecule has 1 N–H and O–H groups in total. The van der Waals surface area contributed by atoms with Gasteiger partial charge in [-0.2, -0.15) is 0 Å². The maximum Gasteiger partial charge on any atom is 0.256 e. The monoisotopic (exact) mass is 522 g/mol. The van der Waals surface area contributed by atoms with Crippen LogP contribution >= 0.6 is 0 Å². The zero-order chi connectivity index (χ0) is 25.9. The van der Waals surface area contributed by atoms with Crippen molar-refractivity contribution in [3.63, 3.8) is 0 Å². The van der Waals surface area contributed by atoms with E-state index in [1.54, 1.807) is 0 Å². The van der Waals surface area contributed by atoms with Crippen molar-refractivity contribution in [2.75, 3.05) is 31.6 Å². The van der Waals surface area contributed by atoms with Crippen molar-refractivity contribution >= 4 is 11.7 Å². The molecule has 6 nitrogen and oxygen atoms in total. The molecule has 4 atom stereocenters. The number of alkyl halides is 2. The highest BCUT2D eigenvalue weighted by atomic mass is 19.3. The summed E-state index contributed by atoms with van der Waals surface area (Å²) in [7, 11) is 0. The second-order valence-electron chi connectivity index (χ2n) is 10.8. The molecule has 0 bridgehead atoms. The van der Waals surface area contributed by atoms with Crippen LogP contribution in [0, 0.1) is 35.2 Å². The molecule has 3 heterocycles. The molecular weight excluding hydrogens is 495 g/mol. The van der Waals surface area contributed by atoms with Gasteiger partial charge in [0.2, 0.25) is 5.91 Å². The van der Waals surface area contributed by atoms with Crippen LogP contribution in [-0.2, 0) is 9.53 Å². The minimum absolute atomic E-state index is 0.0226. The molecule has 37 heavy (non-hydrogen) atoms. The highest BCUT2D eigenvalue weighted by Gasteiger charge is 2.59. The third-order valence-electron chi connectivity index (χ3n) is 8.27. The van der Waals surface area contributed by atoms with Crippen molar-refractivity contribution < 1.29 is 31.5 Å². The lowest BCUT2D eigenvalue weighted by molar-refractivity contribution is -0.137. The summed E-state index contributed by atoms with van der Waals surface area (Å²) in [5.41, 5.74) is -0.511. The Balaban J connectivity index is 1.17. The van der Waals surface area contributed by atoms with Gasteiger partial charge in [0.15, 0.2) is 17.5 Å². The first-order valence-corrected chi connectivity index (χ1v) is 12.7. The second kappa shape index (κ2) is 9.18. The van der Waals surface area contributed by atoms with E-state index in [0.29, 0.717) is 44.2 Å². The fourth-order valence-electron chi connectivity index (χ4n) is 6.20. The van der Waals surface area contributed by atoms with Crippen LogP contribution in [0.4, 0.5) is 27.8 Å². The summed E-state index contributed by atoms with van der Waals surface area (Å²) in [5, 5.41) is 11.2. The van der Waals surface area contributed by atoms with E-state index in [9.17, 15) is 26.7 Å². The van der Waals surface area contributed by atoms with Crippen molar-refractivity contribution in [1.29, 1.82) is 0 Å². The SMILES string of the molecule is O=C(C1CCOCC1)N1C[C@H]2C[C@@H](Nc3nnc(-c4cc(F)cc(F)c4F)cc3C3CC3(F)F)C[C@H]2C1. The van der Waals surface area contributed by atoms with Crippen molar-refractivity contribution in [1.82, 2.24) is 15.1 Å². The fraction of sp³-hybridized carbons (Fsp3) is 0.577. The van der Waals surface area contributed by atoms with Crippen LogP contribution in [0.5, 0.6) is 0 Å². The number of carbonyl (C=O) groups is 1. The number of amides is 1. The Labute approximate surface area is 210 Å². The Kier molecular flexibility index (Phi) is 6.08. The molecule has 0 spiro atoms. The van der Waals surface area contributed by atoms with E-state index in [4.69, 9.17) is 4.74 Å². The molecular formula is C26H27F5N4O2. The molecule has 4 aliphatic rings. The largest absolute Gasteiger partial charge is 0.381 e. The molecule has 1 amide bonds. The quantitative estimate of drug-likeness (QED) is 0.453. The summed E-state index contributed by atoms with van der Waals surface area (Å²) in [4.78, 5) is 14.9. The molecule has 2 aliphatic carbocycles. The first-order chi connectivity index (χ1) is 17.7. The molecule has 6 rings (SSSR count). The lowest BCUT2D eigenvalue weighted by atomic mass is 9.98. The van der Waals surface area contributed by atoms with Gasteiger partial charge in [0, 0.05) is 61.9 Å². The van der Waals surface area contributed by atoms with Gasteiger partial charge in [-0.05, 0) is 49.7 Å². The van der Waals surface area contributed by atoms with Crippen molar-refractivity contribution in [3.8, 4) is 11.3 Å². The highest BCUT2D eigenvalue weighted by molar-refractivity contribution is 5.79. The van der Waals surface area contributed by atoms with Gasteiger partial charge in [-0.3, -0.25) is 4.79 Å². The Morgan fingerprint density at radius 3 is 2.35 bits per heavy atom. The molecule has 1 aromatic carbocycles. The maximum atomic E-state index is 14.3. The average Bonchev–Trinajstić information content (AvgIpc) is 3.15. The Bertz CT molecular complexity index is 1210. The number of rotatable bonds is 5. The smallest absolute Gasteiger partial charge is 0.256 e. The molecule has 2 saturated carbocycles. The highest BCUT2D eigenvalue weighted by Crippen LogP contribution is 2.57. The summed E-state index contributed by atoms with van der Waals surface area (Å²) < 4.78 is 75.3. The van der Waals surface area contributed by atoms with Gasteiger partial charge >= 0.3 is 0 Å². The lowest BCUT2D eigenvalue weighted by Crippen LogP contribution is -2.38. The van der Waals surface area contributed by atoms with E-state index in [-0.39, 0.29) is 41.4 Å². The molecule has 4 fully saturated rings. The Morgan fingerprint density at radius 1 is 1.03 bits per heavy atom. The average molecular weight is 523 g/mol. The minimum atomic E-state index is -2.93. The lowest BCUT2D eigenvalue weighted by Gasteiger charge is -2.27. The number of halogens is 5. The van der Waals surface area contributed by atoms with Crippen LogP contribution < -0.4 is 5.32 Å². The van der Waals surface area contributed by atoms with E-state index < -0.39 is 34.9 Å². The number of ether oxygens (including phenoxy) is 1. The predicted molar refractivity (Wildman–Crippen MR) is 123 cm³/mol. The number of aromatic nitrogens is 2. The number of likely N-dealkylation sites (tertiary alicyclic amines) is 1. The molecule has 1 aromatic heterocycles. The summed E-state index contributed by atoms with van der Waals surface area (Å²) in [6.45, 7) is 2.60. The maximum absolute atomic E-state index is 14.3. The van der Waals surface area contributed by atoms with Crippen LogP contribution in [0.1, 0.15) is 43.6 Å². The molecule has 0 radical (unpaired) electrons. The normalized spacial score (nSPS) is 28.8. The molecule has 2 aromatic rings. The van der Waals surface area contributed by atoms with Gasteiger partial charge in [-0.1, -0.05) is 0 Å². The minimum Gasteiger partial charge on any atom is -0.381 e. The van der Waals surface area contributed by atoms with Crippen LogP contribution in [0.25, 0.3) is 11.3 Å². The molecule has 198 valence electrons. The number of fused-ring (bicyclic) bond motifs is 1. The van der Waals surface area contributed by atoms with Gasteiger partial charge in [0.1, 0.15) is 5.82 Å². The third kappa shape index (κ3) is 4.66. The number of hydrogen-bond acceptors (Lipinski definition) is 5. The third-order valence-corrected chi connectivity index (χ3v) is 8.27. The van der Waals surface area contributed by atoms with Gasteiger partial charge in [0.05, 0.1) is 11.6 Å². The zero-order valence-electron chi connectivity index (χ0n) is 20.0.